The molecule has 1 fully saturated rings. The van der Waals surface area contributed by atoms with Crippen LogP contribution in [0.15, 0.2) is 29.4 Å². The van der Waals surface area contributed by atoms with E-state index in [-0.39, 0.29) is 47.5 Å². The molecule has 3 heterocycles. The monoisotopic (exact) mass is 463 g/mol. The van der Waals surface area contributed by atoms with Crippen molar-refractivity contribution in [2.75, 3.05) is 27.5 Å². The number of hydrogen-bond acceptors (Lipinski definition) is 7. The zero-order chi connectivity index (χ0) is 22.2. The molecule has 0 saturated carbocycles. The highest BCUT2D eigenvalue weighted by atomic mass is 32.2. The lowest BCUT2D eigenvalue weighted by molar-refractivity contribution is -0.117. The number of sulfone groups is 1. The Bertz CT molecular complexity index is 1110. The van der Waals surface area contributed by atoms with Crippen LogP contribution in [0.3, 0.4) is 0 Å². The predicted octanol–water partition coefficient (Wildman–Crippen LogP) is 1.65. The minimum atomic E-state index is -2.93. The third kappa shape index (κ3) is 4.77. The van der Waals surface area contributed by atoms with Gasteiger partial charge in [0.2, 0.25) is 11.8 Å². The number of para-hydroxylation sites is 2. The van der Waals surface area contributed by atoms with E-state index in [1.54, 1.807) is 11.0 Å². The normalized spacial score (nSPS) is 22.6. The van der Waals surface area contributed by atoms with Crippen molar-refractivity contribution in [1.29, 1.82) is 0 Å². The number of nitrogens with zero attached hydrogens (tertiary/aromatic N) is 4. The number of fused-ring (bicyclic) bond motifs is 1. The second-order valence-corrected chi connectivity index (χ2v) is 11.3. The van der Waals surface area contributed by atoms with Crippen LogP contribution in [0, 0.1) is 5.92 Å². The molecule has 11 heteroatoms. The molecule has 2 aliphatic rings. The fourth-order valence-corrected chi connectivity index (χ4v) is 6.75. The number of aromatic nitrogens is 3. The Balaban J connectivity index is 1.44. The smallest absolute Gasteiger partial charge is 0.237 e. The van der Waals surface area contributed by atoms with Crippen LogP contribution < -0.4 is 10.2 Å². The third-order valence-electron chi connectivity index (χ3n) is 5.68. The maximum absolute atomic E-state index is 13.1. The lowest BCUT2D eigenvalue weighted by Crippen LogP contribution is -2.40. The molecule has 2 aliphatic heterocycles. The second-order valence-electron chi connectivity index (χ2n) is 8.10. The number of nitrogens with one attached hydrogen (secondary N) is 1. The van der Waals surface area contributed by atoms with Crippen molar-refractivity contribution < 1.29 is 18.0 Å². The van der Waals surface area contributed by atoms with Gasteiger partial charge in [0.15, 0.2) is 15.0 Å². The minimum Gasteiger partial charge on any atom is -0.324 e. The molecule has 9 nitrogen and oxygen atoms in total. The number of anilines is 2. The predicted molar refractivity (Wildman–Crippen MR) is 119 cm³/mol. The fraction of sp³-hybridized carbons (Fsp3) is 0.500. The molecule has 0 radical (unpaired) electrons. The first kappa shape index (κ1) is 21.8. The summed E-state index contributed by atoms with van der Waals surface area (Å²) < 4.78 is 25.2. The van der Waals surface area contributed by atoms with Gasteiger partial charge in [0, 0.05) is 25.9 Å². The quantitative estimate of drug-likeness (QED) is 0.671. The average molecular weight is 464 g/mol. The summed E-state index contributed by atoms with van der Waals surface area (Å²) in [7, 11) is -1.10. The molecule has 0 bridgehead atoms. The highest BCUT2D eigenvalue weighted by molar-refractivity contribution is 7.99. The Morgan fingerprint density at radius 3 is 2.81 bits per heavy atom. The van der Waals surface area contributed by atoms with Gasteiger partial charge in [-0.05, 0) is 31.4 Å². The molecule has 2 unspecified atom stereocenters. The Labute approximate surface area is 185 Å². The SMILES string of the molecule is CC1CC(=O)Nc2ccccc2N1C(=O)CSc1nnc(CC2CCS(=O)(=O)C2)n1C. The molecule has 1 N–H and O–H groups in total. The first-order chi connectivity index (χ1) is 14.7. The van der Waals surface area contributed by atoms with Gasteiger partial charge in [-0.1, -0.05) is 23.9 Å². The summed E-state index contributed by atoms with van der Waals surface area (Å²) in [5.41, 5.74) is 1.32. The first-order valence-electron chi connectivity index (χ1n) is 10.2. The van der Waals surface area contributed by atoms with Crippen LogP contribution in [0.1, 0.15) is 25.6 Å². The molecule has 166 valence electrons. The van der Waals surface area contributed by atoms with Crippen LogP contribution in [0.25, 0.3) is 0 Å². The van der Waals surface area contributed by atoms with Gasteiger partial charge in [-0.2, -0.15) is 0 Å². The summed E-state index contributed by atoms with van der Waals surface area (Å²) >= 11 is 1.29. The number of amides is 2. The van der Waals surface area contributed by atoms with Gasteiger partial charge in [-0.3, -0.25) is 9.59 Å². The largest absolute Gasteiger partial charge is 0.324 e. The minimum absolute atomic E-state index is 0.0619. The molecule has 2 atom stereocenters. The number of carbonyl (C=O) groups is 2. The van der Waals surface area contributed by atoms with E-state index in [2.05, 4.69) is 15.5 Å². The van der Waals surface area contributed by atoms with Crippen LogP contribution in [-0.2, 0) is 32.9 Å². The van der Waals surface area contributed by atoms with E-state index < -0.39 is 9.84 Å². The van der Waals surface area contributed by atoms with Crippen molar-refractivity contribution in [2.24, 2.45) is 13.0 Å². The van der Waals surface area contributed by atoms with E-state index in [1.807, 2.05) is 36.7 Å². The average Bonchev–Trinajstić information content (AvgIpc) is 3.18. The molecule has 0 aliphatic carbocycles. The number of benzene rings is 1. The van der Waals surface area contributed by atoms with E-state index in [0.29, 0.717) is 29.4 Å². The van der Waals surface area contributed by atoms with Gasteiger partial charge in [-0.25, -0.2) is 8.42 Å². The van der Waals surface area contributed by atoms with Gasteiger partial charge in [-0.15, -0.1) is 10.2 Å². The van der Waals surface area contributed by atoms with Crippen molar-refractivity contribution >= 4 is 44.8 Å². The van der Waals surface area contributed by atoms with Crippen LogP contribution in [0.4, 0.5) is 11.4 Å². The van der Waals surface area contributed by atoms with Crippen molar-refractivity contribution in [2.45, 2.75) is 37.4 Å². The van der Waals surface area contributed by atoms with E-state index in [9.17, 15) is 18.0 Å². The van der Waals surface area contributed by atoms with E-state index in [0.717, 1.165) is 5.82 Å². The van der Waals surface area contributed by atoms with Crippen LogP contribution in [0.2, 0.25) is 0 Å². The summed E-state index contributed by atoms with van der Waals surface area (Å²) in [6.45, 7) is 1.86. The summed E-state index contributed by atoms with van der Waals surface area (Å²) in [5, 5.41) is 11.9. The molecule has 0 spiro atoms. The van der Waals surface area contributed by atoms with Crippen LogP contribution in [-0.4, -0.2) is 58.3 Å². The third-order valence-corrected chi connectivity index (χ3v) is 8.52. The van der Waals surface area contributed by atoms with Crippen molar-refractivity contribution in [1.82, 2.24) is 14.8 Å². The zero-order valence-corrected chi connectivity index (χ0v) is 19.1. The maximum atomic E-state index is 13.1. The molecule has 1 aromatic heterocycles. The molecular weight excluding hydrogens is 438 g/mol. The summed E-state index contributed by atoms with van der Waals surface area (Å²) in [6, 6.07) is 7.02. The van der Waals surface area contributed by atoms with Crippen molar-refractivity contribution in [3.05, 3.63) is 30.1 Å². The van der Waals surface area contributed by atoms with Gasteiger partial charge in [0.25, 0.3) is 0 Å². The topological polar surface area (TPSA) is 114 Å². The lowest BCUT2D eigenvalue weighted by atomic mass is 10.1. The molecule has 4 rings (SSSR count). The molecule has 2 aromatic rings. The molecular formula is C20H25N5O4S2. The first-order valence-corrected chi connectivity index (χ1v) is 13.0. The van der Waals surface area contributed by atoms with Gasteiger partial charge in [0.1, 0.15) is 5.82 Å². The summed E-state index contributed by atoms with van der Waals surface area (Å²) in [5.74, 6) is 1.13. The molecule has 1 saturated heterocycles. The summed E-state index contributed by atoms with van der Waals surface area (Å²) in [6.07, 6.45) is 1.43. The van der Waals surface area contributed by atoms with Gasteiger partial charge < -0.3 is 14.8 Å². The lowest BCUT2D eigenvalue weighted by Gasteiger charge is -2.27. The van der Waals surface area contributed by atoms with Crippen molar-refractivity contribution in [3.63, 3.8) is 0 Å². The Morgan fingerprint density at radius 2 is 2.06 bits per heavy atom. The number of hydrogen-bond donors (Lipinski definition) is 1. The van der Waals surface area contributed by atoms with E-state index >= 15 is 0 Å². The number of rotatable bonds is 5. The zero-order valence-electron chi connectivity index (χ0n) is 17.4. The van der Waals surface area contributed by atoms with Gasteiger partial charge >= 0.3 is 0 Å². The van der Waals surface area contributed by atoms with Crippen molar-refractivity contribution in [3.8, 4) is 0 Å². The summed E-state index contributed by atoms with van der Waals surface area (Å²) in [4.78, 5) is 26.9. The highest BCUT2D eigenvalue weighted by Gasteiger charge is 2.31. The van der Waals surface area contributed by atoms with E-state index in [1.165, 1.54) is 11.8 Å². The number of thioether (sulfide) groups is 1. The molecule has 2 amide bonds. The standard InChI is InChI=1S/C20H25N5O4S2/c1-13-9-18(26)21-15-5-3-4-6-16(15)25(13)19(27)11-30-20-23-22-17(24(20)2)10-14-7-8-31(28,29)12-14/h3-6,13-14H,7-12H2,1-2H3,(H,21,26). The van der Waals surface area contributed by atoms with E-state index in [4.69, 9.17) is 0 Å². The number of carbonyl (C=O) groups excluding carboxylic acids is 2. The Kier molecular flexibility index (Phi) is 6.07. The highest BCUT2D eigenvalue weighted by Crippen LogP contribution is 2.32. The molecule has 31 heavy (non-hydrogen) atoms. The maximum Gasteiger partial charge on any atom is 0.237 e. The van der Waals surface area contributed by atoms with Crippen LogP contribution in [0.5, 0.6) is 0 Å². The fourth-order valence-electron chi connectivity index (χ4n) is 4.10. The Hall–Kier alpha value is -2.40. The van der Waals surface area contributed by atoms with Gasteiger partial charge in [0.05, 0.1) is 28.6 Å². The van der Waals surface area contributed by atoms with Crippen LogP contribution >= 0.6 is 11.8 Å². The molecule has 1 aromatic carbocycles. The second kappa shape index (κ2) is 8.62. The Morgan fingerprint density at radius 1 is 1.29 bits per heavy atom.